The Morgan fingerprint density at radius 3 is 0.712 bits per heavy atom. The van der Waals surface area contributed by atoms with Crippen molar-refractivity contribution in [3.05, 3.63) is 405 Å². The average molecular weight is 1550 g/mol. The molecule has 12 nitrogen and oxygen atoms in total. The van der Waals surface area contributed by atoms with Gasteiger partial charge in [-0.1, -0.05) is 382 Å². The van der Waals surface area contributed by atoms with Crippen LogP contribution in [-0.2, 0) is 9.31 Å². The maximum absolute atomic E-state index is 6.21. The third-order valence-electron chi connectivity index (χ3n) is 20.9. The summed E-state index contributed by atoms with van der Waals surface area (Å²) in [7, 11) is -0.380. The number of rotatable bonds is 16. The van der Waals surface area contributed by atoms with Gasteiger partial charge in [0.2, 0.25) is 0 Å². The first-order valence-corrected chi connectivity index (χ1v) is 39.6. The van der Waals surface area contributed by atoms with E-state index in [0.29, 0.717) is 51.6 Å². The zero-order valence-electron chi connectivity index (χ0n) is 65.3. The number of halogens is 1. The van der Waals surface area contributed by atoms with Gasteiger partial charge in [0, 0.05) is 71.8 Å². The summed E-state index contributed by atoms with van der Waals surface area (Å²) in [6.45, 7) is 8.27. The van der Waals surface area contributed by atoms with Crippen molar-refractivity contribution in [2.75, 3.05) is 0 Å². The number of aromatic nitrogens is 10. The van der Waals surface area contributed by atoms with E-state index in [1.807, 2.05) is 224 Å². The first-order chi connectivity index (χ1) is 57.8. The monoisotopic (exact) mass is 1540 g/mol. The van der Waals surface area contributed by atoms with E-state index in [9.17, 15) is 0 Å². The van der Waals surface area contributed by atoms with Crippen molar-refractivity contribution in [3.8, 4) is 170 Å². The lowest BCUT2D eigenvalue weighted by Gasteiger charge is -2.32. The minimum absolute atomic E-state index is 0.363. The molecule has 0 saturated carbocycles. The molecule has 4 aromatic heterocycles. The molecule has 0 aliphatic carbocycles. The van der Waals surface area contributed by atoms with E-state index in [1.165, 1.54) is 11.1 Å². The van der Waals surface area contributed by atoms with Crippen LogP contribution in [0.25, 0.3) is 170 Å². The SMILES string of the molecule is CC1(C)OB(c2ccc(-c3cc(-c4ccccc4)nc(-c4ccccc4)n3)cc2)OC1(C)C.Clc1cccc(-c2nc(-c3ccccc3)nc(-c3ccc(-c4ccccc4)cc3)n2)c1.c1ccc(-c2ccc(-c3nc(-c4ccccc4)nc(-c4cccc(-c5ccc(-c6cc(-c7ccccc7)nc(-c7ccccc7)n6)cc5)c4)n3)cc2)cc1. The summed E-state index contributed by atoms with van der Waals surface area (Å²) < 4.78 is 12.4. The van der Waals surface area contributed by atoms with Crippen LogP contribution in [0.15, 0.2) is 400 Å². The molecule has 1 saturated heterocycles. The molecule has 14 aromatic carbocycles. The zero-order valence-corrected chi connectivity index (χ0v) is 66.1. The Bertz CT molecular complexity index is 6320. The fraction of sp³-hybridized carbons (Fsp3) is 0.0577. The van der Waals surface area contributed by atoms with Crippen molar-refractivity contribution in [1.29, 1.82) is 0 Å². The maximum Gasteiger partial charge on any atom is 0.494 e. The van der Waals surface area contributed by atoms with E-state index in [2.05, 4.69) is 204 Å². The quantitative estimate of drug-likeness (QED) is 0.0848. The lowest BCUT2D eigenvalue weighted by atomic mass is 9.79. The Morgan fingerprint density at radius 2 is 0.390 bits per heavy atom. The van der Waals surface area contributed by atoms with E-state index in [4.69, 9.17) is 70.7 Å². The second kappa shape index (κ2) is 34.7. The van der Waals surface area contributed by atoms with Gasteiger partial charge >= 0.3 is 7.12 Å². The van der Waals surface area contributed by atoms with Gasteiger partial charge in [-0.3, -0.25) is 0 Å². The molecular formula is C104H78BClN10O2. The van der Waals surface area contributed by atoms with Gasteiger partial charge in [0.1, 0.15) is 0 Å². The van der Waals surface area contributed by atoms with Crippen molar-refractivity contribution in [1.82, 2.24) is 49.8 Å². The van der Waals surface area contributed by atoms with Crippen LogP contribution in [0, 0.1) is 0 Å². The summed E-state index contributed by atoms with van der Waals surface area (Å²) in [6.07, 6.45) is 0. The van der Waals surface area contributed by atoms with Crippen LogP contribution in [0.5, 0.6) is 0 Å². The predicted molar refractivity (Wildman–Crippen MR) is 480 cm³/mol. The number of benzene rings is 14. The third-order valence-corrected chi connectivity index (χ3v) is 21.2. The first kappa shape index (κ1) is 76.2. The molecule has 0 N–H and O–H groups in total. The van der Waals surface area contributed by atoms with Crippen LogP contribution >= 0.6 is 11.6 Å². The van der Waals surface area contributed by atoms with Crippen molar-refractivity contribution in [2.24, 2.45) is 0 Å². The number of hydrogen-bond acceptors (Lipinski definition) is 12. The largest absolute Gasteiger partial charge is 0.494 e. The molecule has 5 heterocycles. The van der Waals surface area contributed by atoms with Crippen molar-refractivity contribution >= 4 is 24.2 Å². The Labute approximate surface area is 692 Å². The Balaban J connectivity index is 0.000000134. The highest BCUT2D eigenvalue weighted by Gasteiger charge is 2.51. The fourth-order valence-electron chi connectivity index (χ4n) is 13.8. The summed E-state index contributed by atoms with van der Waals surface area (Å²) in [4.78, 5) is 48.9. The molecule has 14 heteroatoms. The minimum atomic E-state index is -0.380. The van der Waals surface area contributed by atoms with Gasteiger partial charge in [-0.05, 0) is 96.9 Å². The van der Waals surface area contributed by atoms with Gasteiger partial charge < -0.3 is 9.31 Å². The highest BCUT2D eigenvalue weighted by Crippen LogP contribution is 2.39. The highest BCUT2D eigenvalue weighted by molar-refractivity contribution is 6.62. The molecule has 18 aromatic rings. The predicted octanol–water partition coefficient (Wildman–Crippen LogP) is 25.0. The van der Waals surface area contributed by atoms with Gasteiger partial charge in [0.25, 0.3) is 0 Å². The highest BCUT2D eigenvalue weighted by atomic mass is 35.5. The maximum atomic E-state index is 6.21. The Hall–Kier alpha value is -14.5. The summed E-state index contributed by atoms with van der Waals surface area (Å²) >= 11 is 6.21. The number of nitrogens with zero attached hydrogens (tertiary/aromatic N) is 10. The van der Waals surface area contributed by atoms with Crippen molar-refractivity contribution in [3.63, 3.8) is 0 Å². The topological polar surface area (TPSA) is 147 Å². The van der Waals surface area contributed by atoms with E-state index in [0.717, 1.165) is 117 Å². The molecular weight excluding hydrogens is 1470 g/mol. The molecule has 0 radical (unpaired) electrons. The van der Waals surface area contributed by atoms with Crippen LogP contribution in [0.3, 0.4) is 0 Å². The molecule has 1 aliphatic heterocycles. The van der Waals surface area contributed by atoms with E-state index in [1.54, 1.807) is 0 Å². The lowest BCUT2D eigenvalue weighted by molar-refractivity contribution is 0.00578. The van der Waals surface area contributed by atoms with E-state index < -0.39 is 0 Å². The summed E-state index contributed by atoms with van der Waals surface area (Å²) in [5, 5.41) is 0.646. The standard InChI is InChI=1S/C49H33N5.C28H27BN2O2.C27H18ClN3/c1-5-14-34(15-6-1)35-26-30-41(31-27-35)48-52-47(40-20-11-4-12-21-40)53-49(54-48)43-23-13-22-42(32-43)36-24-28-38(29-25-36)45-33-44(37-16-7-2-8-17-37)50-46(51-45)39-18-9-3-10-19-39;1-27(2)28(3,4)33-29(32-27)23-17-15-21(16-18-23)25-19-24(20-11-7-5-8-12-20)30-26(31-25)22-13-9-6-10-14-22;28-24-13-7-12-23(18-24)27-30-25(21-10-5-2-6-11-21)29-26(31-27)22-16-14-20(15-17-22)19-8-3-1-4-9-19/h1-33H;5-19H,1-4H3;1-18H. The second-order valence-corrected chi connectivity index (χ2v) is 29.9. The summed E-state index contributed by atoms with van der Waals surface area (Å²) in [6, 6.07) is 135. The fourth-order valence-corrected chi connectivity index (χ4v) is 14.0. The molecule has 1 fully saturated rings. The normalized spacial score (nSPS) is 12.5. The molecule has 1 aliphatic rings. The summed E-state index contributed by atoms with van der Waals surface area (Å²) in [5.74, 6) is 5.14. The molecule has 118 heavy (non-hydrogen) atoms. The van der Waals surface area contributed by atoms with Crippen molar-refractivity contribution in [2.45, 2.75) is 38.9 Å². The Morgan fingerprint density at radius 1 is 0.186 bits per heavy atom. The number of hydrogen-bond donors (Lipinski definition) is 0. The Kier molecular flexibility index (Phi) is 22.4. The van der Waals surface area contributed by atoms with Crippen LogP contribution in [0.1, 0.15) is 27.7 Å². The van der Waals surface area contributed by atoms with Gasteiger partial charge in [0.05, 0.1) is 34.0 Å². The zero-order chi connectivity index (χ0) is 80.2. The van der Waals surface area contributed by atoms with Crippen LogP contribution < -0.4 is 5.46 Å². The lowest BCUT2D eigenvalue weighted by Crippen LogP contribution is -2.41. The van der Waals surface area contributed by atoms with Crippen LogP contribution in [0.2, 0.25) is 5.02 Å². The minimum Gasteiger partial charge on any atom is -0.399 e. The van der Waals surface area contributed by atoms with Crippen LogP contribution in [0.4, 0.5) is 0 Å². The molecule has 0 amide bonds. The van der Waals surface area contributed by atoms with Gasteiger partial charge in [-0.25, -0.2) is 49.8 Å². The van der Waals surface area contributed by atoms with E-state index >= 15 is 0 Å². The van der Waals surface area contributed by atoms with Gasteiger partial charge in [-0.15, -0.1) is 0 Å². The molecule has 0 spiro atoms. The average Bonchev–Trinajstić information content (AvgIpc) is 1.63. The first-order valence-electron chi connectivity index (χ1n) is 39.2. The molecule has 0 atom stereocenters. The second-order valence-electron chi connectivity index (χ2n) is 29.5. The van der Waals surface area contributed by atoms with Crippen LogP contribution in [-0.4, -0.2) is 68.2 Å². The molecule has 19 rings (SSSR count). The third kappa shape index (κ3) is 17.7. The molecule has 0 bridgehead atoms. The van der Waals surface area contributed by atoms with Gasteiger partial charge in [-0.2, -0.15) is 0 Å². The van der Waals surface area contributed by atoms with Crippen molar-refractivity contribution < 1.29 is 9.31 Å². The smallest absolute Gasteiger partial charge is 0.399 e. The van der Waals surface area contributed by atoms with E-state index in [-0.39, 0.29) is 18.3 Å². The molecule has 566 valence electrons. The molecule has 0 unspecified atom stereocenters. The summed E-state index contributed by atoms with van der Waals surface area (Å²) in [5.41, 5.74) is 22.2. The van der Waals surface area contributed by atoms with Gasteiger partial charge in [0.15, 0.2) is 46.6 Å².